The van der Waals surface area contributed by atoms with Crippen molar-refractivity contribution in [2.24, 2.45) is 0 Å². The molecule has 0 saturated carbocycles. The van der Waals surface area contributed by atoms with Crippen molar-refractivity contribution in [3.8, 4) is 0 Å². The number of hydrogen-bond acceptors (Lipinski definition) is 5. The summed E-state index contributed by atoms with van der Waals surface area (Å²) in [6.07, 6.45) is 2.72. The highest BCUT2D eigenvalue weighted by molar-refractivity contribution is 5.74. The minimum absolute atomic E-state index is 0.0171. The van der Waals surface area contributed by atoms with Crippen LogP contribution in [0.2, 0.25) is 0 Å². The highest BCUT2D eigenvalue weighted by Gasteiger charge is 2.23. The summed E-state index contributed by atoms with van der Waals surface area (Å²) in [5.41, 5.74) is 0. The first-order valence-electron chi connectivity index (χ1n) is 7.54. The molecular weight excluding hydrogens is 272 g/mol. The lowest BCUT2D eigenvalue weighted by Crippen LogP contribution is -2.46. The fourth-order valence-electron chi connectivity index (χ4n) is 2.23. The predicted molar refractivity (Wildman–Crippen MR) is 77.1 cm³/mol. The Kier molecular flexibility index (Phi) is 5.55. The molecule has 7 heteroatoms. The molecule has 0 radical (unpaired) electrons. The molecule has 1 fully saturated rings. The monoisotopic (exact) mass is 296 g/mol. The molecule has 0 aromatic carbocycles. The van der Waals surface area contributed by atoms with Gasteiger partial charge in [0.25, 0.3) is 0 Å². The Labute approximate surface area is 124 Å². The minimum Gasteiger partial charge on any atom is -0.376 e. The molecular formula is C14H24N4O3. The molecule has 2 atom stereocenters. The summed E-state index contributed by atoms with van der Waals surface area (Å²) in [5, 5.41) is 9.56. The molecule has 7 nitrogen and oxygen atoms in total. The minimum atomic E-state index is -0.193. The SMILES string of the molecule is CC(C)c1noc(CCNC(=O)N[C@@H](C)[C@@H]2CCCO2)n1. The number of nitrogens with zero attached hydrogens (tertiary/aromatic N) is 2. The van der Waals surface area contributed by atoms with Gasteiger partial charge in [0.1, 0.15) is 0 Å². The van der Waals surface area contributed by atoms with E-state index in [0.717, 1.165) is 19.4 Å². The first kappa shape index (κ1) is 15.8. The third-order valence-corrected chi connectivity index (χ3v) is 3.51. The van der Waals surface area contributed by atoms with Crippen molar-refractivity contribution >= 4 is 6.03 Å². The molecule has 2 amide bonds. The molecule has 2 N–H and O–H groups in total. The summed E-state index contributed by atoms with van der Waals surface area (Å²) in [6, 6.07) is -0.176. The summed E-state index contributed by atoms with van der Waals surface area (Å²) < 4.78 is 10.7. The number of amides is 2. The fourth-order valence-corrected chi connectivity index (χ4v) is 2.23. The number of nitrogens with one attached hydrogen (secondary N) is 2. The molecule has 1 aromatic rings. The number of hydrogen-bond donors (Lipinski definition) is 2. The van der Waals surface area contributed by atoms with E-state index in [4.69, 9.17) is 9.26 Å². The lowest BCUT2D eigenvalue weighted by atomic mass is 10.1. The number of carbonyl (C=O) groups is 1. The van der Waals surface area contributed by atoms with Crippen LogP contribution in [-0.4, -0.2) is 41.5 Å². The largest absolute Gasteiger partial charge is 0.376 e. The Balaban J connectivity index is 1.66. The molecule has 0 aliphatic carbocycles. The van der Waals surface area contributed by atoms with Crippen LogP contribution in [0.3, 0.4) is 0 Å². The maximum absolute atomic E-state index is 11.8. The second-order valence-corrected chi connectivity index (χ2v) is 5.69. The number of rotatable bonds is 6. The normalized spacial score (nSPS) is 19.7. The van der Waals surface area contributed by atoms with Gasteiger partial charge in [-0.2, -0.15) is 4.98 Å². The zero-order valence-electron chi connectivity index (χ0n) is 12.9. The Morgan fingerprint density at radius 3 is 2.86 bits per heavy atom. The van der Waals surface area contributed by atoms with Crippen molar-refractivity contribution in [1.82, 2.24) is 20.8 Å². The van der Waals surface area contributed by atoms with Gasteiger partial charge in [0.05, 0.1) is 12.1 Å². The van der Waals surface area contributed by atoms with Crippen LogP contribution < -0.4 is 10.6 Å². The number of aromatic nitrogens is 2. The third kappa shape index (κ3) is 4.70. The van der Waals surface area contributed by atoms with E-state index in [9.17, 15) is 4.79 Å². The van der Waals surface area contributed by atoms with Gasteiger partial charge in [0, 0.05) is 25.5 Å². The van der Waals surface area contributed by atoms with E-state index in [1.54, 1.807) is 0 Å². The average molecular weight is 296 g/mol. The average Bonchev–Trinajstić information content (AvgIpc) is 3.10. The van der Waals surface area contributed by atoms with Gasteiger partial charge in [-0.3, -0.25) is 0 Å². The lowest BCUT2D eigenvalue weighted by molar-refractivity contribution is 0.0860. The zero-order chi connectivity index (χ0) is 15.2. The van der Waals surface area contributed by atoms with Gasteiger partial charge in [0.15, 0.2) is 5.82 Å². The molecule has 0 spiro atoms. The molecule has 0 bridgehead atoms. The van der Waals surface area contributed by atoms with E-state index >= 15 is 0 Å². The summed E-state index contributed by atoms with van der Waals surface area (Å²) in [6.45, 7) is 7.22. The summed E-state index contributed by atoms with van der Waals surface area (Å²) in [7, 11) is 0. The number of carbonyl (C=O) groups excluding carboxylic acids is 1. The van der Waals surface area contributed by atoms with Crippen LogP contribution in [0.5, 0.6) is 0 Å². The Bertz CT molecular complexity index is 455. The van der Waals surface area contributed by atoms with Gasteiger partial charge in [-0.1, -0.05) is 19.0 Å². The van der Waals surface area contributed by atoms with Crippen molar-refractivity contribution < 1.29 is 14.1 Å². The molecule has 118 valence electrons. The smallest absolute Gasteiger partial charge is 0.315 e. The highest BCUT2D eigenvalue weighted by Crippen LogP contribution is 2.15. The maximum atomic E-state index is 11.8. The van der Waals surface area contributed by atoms with Gasteiger partial charge >= 0.3 is 6.03 Å². The predicted octanol–water partition coefficient (Wildman–Crippen LogP) is 1.60. The van der Waals surface area contributed by atoms with Crippen LogP contribution in [0.25, 0.3) is 0 Å². The quantitative estimate of drug-likeness (QED) is 0.832. The van der Waals surface area contributed by atoms with Crippen LogP contribution in [0.1, 0.15) is 51.2 Å². The van der Waals surface area contributed by atoms with Gasteiger partial charge in [0.2, 0.25) is 5.89 Å². The standard InChI is InChI=1S/C14H24N4O3/c1-9(2)13-17-12(21-18-13)6-7-15-14(19)16-10(3)11-5-4-8-20-11/h9-11H,4-8H2,1-3H3,(H2,15,16,19)/t10-,11-/m0/s1. The van der Waals surface area contributed by atoms with Gasteiger partial charge in [-0.25, -0.2) is 4.79 Å². The molecule has 2 rings (SSSR count). The van der Waals surface area contributed by atoms with Crippen LogP contribution in [0, 0.1) is 0 Å². The fraction of sp³-hybridized carbons (Fsp3) is 0.786. The summed E-state index contributed by atoms with van der Waals surface area (Å²) >= 11 is 0. The van der Waals surface area contributed by atoms with Crippen molar-refractivity contribution in [1.29, 1.82) is 0 Å². The molecule has 1 aromatic heterocycles. The molecule has 1 saturated heterocycles. The van der Waals surface area contributed by atoms with Crippen molar-refractivity contribution in [3.05, 3.63) is 11.7 Å². The van der Waals surface area contributed by atoms with E-state index in [2.05, 4.69) is 20.8 Å². The summed E-state index contributed by atoms with van der Waals surface area (Å²) in [4.78, 5) is 16.0. The van der Waals surface area contributed by atoms with Crippen molar-refractivity contribution in [2.45, 2.75) is 58.1 Å². The second-order valence-electron chi connectivity index (χ2n) is 5.69. The summed E-state index contributed by atoms with van der Waals surface area (Å²) in [5.74, 6) is 1.48. The first-order chi connectivity index (χ1) is 10.1. The van der Waals surface area contributed by atoms with Crippen molar-refractivity contribution in [2.75, 3.05) is 13.2 Å². The van der Waals surface area contributed by atoms with Crippen LogP contribution in [0.4, 0.5) is 4.79 Å². The Hall–Kier alpha value is -1.63. The van der Waals surface area contributed by atoms with E-state index in [1.807, 2.05) is 20.8 Å². The molecule has 1 aliphatic rings. The zero-order valence-corrected chi connectivity index (χ0v) is 12.9. The Morgan fingerprint density at radius 2 is 2.24 bits per heavy atom. The van der Waals surface area contributed by atoms with Crippen molar-refractivity contribution in [3.63, 3.8) is 0 Å². The van der Waals surface area contributed by atoms with Crippen LogP contribution >= 0.6 is 0 Å². The van der Waals surface area contributed by atoms with Gasteiger partial charge in [-0.05, 0) is 19.8 Å². The van der Waals surface area contributed by atoms with E-state index in [0.29, 0.717) is 24.7 Å². The number of ether oxygens (including phenoxy) is 1. The van der Waals surface area contributed by atoms with E-state index in [1.165, 1.54) is 0 Å². The van der Waals surface area contributed by atoms with Crippen LogP contribution in [-0.2, 0) is 11.2 Å². The third-order valence-electron chi connectivity index (χ3n) is 3.51. The lowest BCUT2D eigenvalue weighted by Gasteiger charge is -2.20. The molecule has 0 unspecified atom stereocenters. The van der Waals surface area contributed by atoms with E-state index in [-0.39, 0.29) is 24.1 Å². The topological polar surface area (TPSA) is 89.3 Å². The number of urea groups is 1. The first-order valence-corrected chi connectivity index (χ1v) is 7.54. The molecule has 2 heterocycles. The van der Waals surface area contributed by atoms with E-state index < -0.39 is 0 Å². The highest BCUT2D eigenvalue weighted by atomic mass is 16.5. The van der Waals surface area contributed by atoms with Gasteiger partial charge in [-0.15, -0.1) is 0 Å². The molecule has 21 heavy (non-hydrogen) atoms. The second kappa shape index (κ2) is 7.40. The van der Waals surface area contributed by atoms with Gasteiger partial charge < -0.3 is 19.9 Å². The van der Waals surface area contributed by atoms with Crippen LogP contribution in [0.15, 0.2) is 4.52 Å². The molecule has 1 aliphatic heterocycles. The Morgan fingerprint density at radius 1 is 1.43 bits per heavy atom. The maximum Gasteiger partial charge on any atom is 0.315 e.